The van der Waals surface area contributed by atoms with Gasteiger partial charge in [-0.1, -0.05) is 12.1 Å². The third kappa shape index (κ3) is 4.68. The second kappa shape index (κ2) is 8.65. The maximum Gasteiger partial charge on any atom is 0.283 e. The summed E-state index contributed by atoms with van der Waals surface area (Å²) in [5.74, 6) is -0.463. The molecule has 23 heavy (non-hydrogen) atoms. The molecule has 5 nitrogen and oxygen atoms in total. The molecule has 0 radical (unpaired) electrons. The molecule has 1 aromatic carbocycles. The van der Waals surface area contributed by atoms with Crippen molar-refractivity contribution in [2.24, 2.45) is 11.7 Å². The average molecular weight is 431 g/mol. The Labute approximate surface area is 150 Å². The van der Waals surface area contributed by atoms with Crippen molar-refractivity contribution in [3.05, 3.63) is 45.2 Å². The number of hydrogen-bond acceptors (Lipinski definition) is 4. The Morgan fingerprint density at radius 2 is 2.09 bits per heavy atom. The molecule has 0 fully saturated rings. The molecule has 0 saturated carbocycles. The van der Waals surface area contributed by atoms with Crippen LogP contribution < -0.4 is 5.73 Å². The lowest BCUT2D eigenvalue weighted by molar-refractivity contribution is -0.165. The maximum absolute atomic E-state index is 11.6. The summed E-state index contributed by atoms with van der Waals surface area (Å²) >= 11 is 2.26. The number of benzene rings is 1. The normalized spacial score (nSPS) is 24.0. The van der Waals surface area contributed by atoms with Crippen LogP contribution >= 0.6 is 22.6 Å². The van der Waals surface area contributed by atoms with E-state index in [1.165, 1.54) is 0 Å². The molecular weight excluding hydrogens is 409 g/mol. The lowest BCUT2D eigenvalue weighted by Gasteiger charge is -2.36. The summed E-state index contributed by atoms with van der Waals surface area (Å²) in [6, 6.07) is 8.15. The number of carbonyl (C=O) groups is 1. The van der Waals surface area contributed by atoms with E-state index in [0.717, 1.165) is 15.6 Å². The van der Waals surface area contributed by atoms with Gasteiger partial charge in [0.1, 0.15) is 0 Å². The lowest BCUT2D eigenvalue weighted by atomic mass is 9.80. The standard InChI is InChI=1S/C17H22INO4/c1-2-22-17-13(4-3-9-20)14(10-15(23-17)16(19)21)11-5-7-12(18)8-6-11/h5-8,10,13-14,17,20H,2-4,9H2,1H3,(H2,19,21)/t13-,14-,17-/m1/s1. The number of nitrogens with two attached hydrogens (primary N) is 1. The summed E-state index contributed by atoms with van der Waals surface area (Å²) in [4.78, 5) is 11.6. The molecule has 0 saturated heterocycles. The Morgan fingerprint density at radius 3 is 2.65 bits per heavy atom. The van der Waals surface area contributed by atoms with Crippen LogP contribution in [0.2, 0.25) is 0 Å². The fourth-order valence-corrected chi connectivity index (χ4v) is 3.20. The van der Waals surface area contributed by atoms with E-state index in [0.29, 0.717) is 13.0 Å². The zero-order valence-electron chi connectivity index (χ0n) is 13.1. The van der Waals surface area contributed by atoms with Crippen molar-refractivity contribution in [3.63, 3.8) is 0 Å². The summed E-state index contributed by atoms with van der Waals surface area (Å²) in [6.45, 7) is 2.47. The molecule has 3 atom stereocenters. The number of rotatable bonds is 7. The predicted octanol–water partition coefficient (Wildman–Crippen LogP) is 2.53. The highest BCUT2D eigenvalue weighted by Crippen LogP contribution is 2.39. The highest BCUT2D eigenvalue weighted by molar-refractivity contribution is 14.1. The SMILES string of the molecule is CCO[C@@H]1OC(C(N)=O)=C[C@H](c2ccc(I)cc2)[C@H]1CCCO. The highest BCUT2D eigenvalue weighted by atomic mass is 127. The Hall–Kier alpha value is -1.12. The minimum atomic E-state index is -0.592. The lowest BCUT2D eigenvalue weighted by Crippen LogP contribution is -2.37. The van der Waals surface area contributed by atoms with E-state index in [1.54, 1.807) is 6.08 Å². The molecule has 1 aliphatic rings. The van der Waals surface area contributed by atoms with E-state index in [9.17, 15) is 9.90 Å². The predicted molar refractivity (Wildman–Crippen MR) is 95.5 cm³/mol. The van der Waals surface area contributed by atoms with Crippen LogP contribution in [0, 0.1) is 9.49 Å². The molecule has 0 spiro atoms. The van der Waals surface area contributed by atoms with Gasteiger partial charge in [-0.25, -0.2) is 0 Å². The van der Waals surface area contributed by atoms with Crippen molar-refractivity contribution in [1.29, 1.82) is 0 Å². The van der Waals surface area contributed by atoms with Crippen molar-refractivity contribution < 1.29 is 19.4 Å². The number of aliphatic hydroxyl groups is 1. The molecule has 1 aromatic rings. The number of amides is 1. The van der Waals surface area contributed by atoms with Gasteiger partial charge in [-0.3, -0.25) is 4.79 Å². The smallest absolute Gasteiger partial charge is 0.283 e. The van der Waals surface area contributed by atoms with Gasteiger partial charge in [0.15, 0.2) is 5.76 Å². The van der Waals surface area contributed by atoms with Gasteiger partial charge >= 0.3 is 0 Å². The number of carbonyl (C=O) groups excluding carboxylic acids is 1. The molecule has 2 rings (SSSR count). The van der Waals surface area contributed by atoms with Crippen LogP contribution in [-0.4, -0.2) is 30.5 Å². The second-order valence-corrected chi connectivity index (χ2v) is 6.69. The van der Waals surface area contributed by atoms with Gasteiger partial charge in [-0.15, -0.1) is 0 Å². The van der Waals surface area contributed by atoms with Crippen LogP contribution in [0.5, 0.6) is 0 Å². The van der Waals surface area contributed by atoms with Crippen molar-refractivity contribution in [1.82, 2.24) is 0 Å². The van der Waals surface area contributed by atoms with Crippen molar-refractivity contribution in [2.45, 2.75) is 32.0 Å². The minimum absolute atomic E-state index is 0.0188. The number of aliphatic hydroxyl groups excluding tert-OH is 1. The van der Waals surface area contributed by atoms with Crippen LogP contribution in [0.15, 0.2) is 36.1 Å². The van der Waals surface area contributed by atoms with Crippen molar-refractivity contribution in [3.8, 4) is 0 Å². The van der Waals surface area contributed by atoms with Gasteiger partial charge in [0, 0.05) is 28.6 Å². The highest BCUT2D eigenvalue weighted by Gasteiger charge is 2.37. The second-order valence-electron chi connectivity index (χ2n) is 5.44. The fourth-order valence-electron chi connectivity index (χ4n) is 2.84. The Kier molecular flexibility index (Phi) is 6.86. The number of hydrogen-bond donors (Lipinski definition) is 2. The number of allylic oxidation sites excluding steroid dienone is 1. The third-order valence-corrected chi connectivity index (χ3v) is 4.63. The number of primary amides is 1. The first kappa shape index (κ1) is 18.2. The molecule has 0 unspecified atom stereocenters. The number of halogens is 1. The van der Waals surface area contributed by atoms with Gasteiger partial charge in [0.05, 0.1) is 0 Å². The van der Waals surface area contributed by atoms with Crippen LogP contribution in [0.3, 0.4) is 0 Å². The molecule has 1 amide bonds. The van der Waals surface area contributed by atoms with Gasteiger partial charge in [0.25, 0.3) is 5.91 Å². The summed E-state index contributed by atoms with van der Waals surface area (Å²) < 4.78 is 12.5. The molecule has 0 bridgehead atoms. The van der Waals surface area contributed by atoms with Gasteiger partial charge in [-0.2, -0.15) is 0 Å². The third-order valence-electron chi connectivity index (χ3n) is 3.91. The van der Waals surface area contributed by atoms with Crippen LogP contribution in [0.4, 0.5) is 0 Å². The first-order chi connectivity index (χ1) is 11.1. The quantitative estimate of drug-likeness (QED) is 0.651. The van der Waals surface area contributed by atoms with E-state index >= 15 is 0 Å². The monoisotopic (exact) mass is 431 g/mol. The summed E-state index contributed by atoms with van der Waals surface area (Å²) in [6.07, 6.45) is 2.63. The zero-order valence-corrected chi connectivity index (χ0v) is 15.2. The molecule has 0 aliphatic carbocycles. The maximum atomic E-state index is 11.6. The molecule has 1 heterocycles. The summed E-state index contributed by atoms with van der Waals surface area (Å²) in [5, 5.41) is 9.17. The Morgan fingerprint density at radius 1 is 1.39 bits per heavy atom. The Balaban J connectivity index is 2.38. The molecule has 0 aromatic heterocycles. The molecular formula is C17H22INO4. The van der Waals surface area contributed by atoms with E-state index in [1.807, 2.05) is 31.2 Å². The first-order valence-electron chi connectivity index (χ1n) is 7.73. The van der Waals surface area contributed by atoms with Gasteiger partial charge < -0.3 is 20.3 Å². The van der Waals surface area contributed by atoms with Crippen LogP contribution in [0.25, 0.3) is 0 Å². The first-order valence-corrected chi connectivity index (χ1v) is 8.81. The van der Waals surface area contributed by atoms with E-state index in [-0.39, 0.29) is 24.2 Å². The largest absolute Gasteiger partial charge is 0.459 e. The van der Waals surface area contributed by atoms with Crippen molar-refractivity contribution in [2.75, 3.05) is 13.2 Å². The van der Waals surface area contributed by atoms with Crippen LogP contribution in [0.1, 0.15) is 31.2 Å². The van der Waals surface area contributed by atoms with Crippen LogP contribution in [-0.2, 0) is 14.3 Å². The molecule has 1 aliphatic heterocycles. The molecule has 6 heteroatoms. The molecule has 126 valence electrons. The molecule has 3 N–H and O–H groups in total. The van der Waals surface area contributed by atoms with Crippen molar-refractivity contribution >= 4 is 28.5 Å². The zero-order chi connectivity index (χ0) is 16.8. The van der Waals surface area contributed by atoms with Gasteiger partial charge in [0.2, 0.25) is 6.29 Å². The van der Waals surface area contributed by atoms with Gasteiger partial charge in [-0.05, 0) is 66.1 Å². The topological polar surface area (TPSA) is 81.8 Å². The van der Waals surface area contributed by atoms with E-state index in [4.69, 9.17) is 15.2 Å². The average Bonchev–Trinajstić information content (AvgIpc) is 2.54. The van der Waals surface area contributed by atoms with E-state index in [2.05, 4.69) is 22.6 Å². The minimum Gasteiger partial charge on any atom is -0.459 e. The fraction of sp³-hybridized carbons (Fsp3) is 0.471. The summed E-state index contributed by atoms with van der Waals surface area (Å²) in [7, 11) is 0. The Bertz CT molecular complexity index is 558. The number of ether oxygens (including phenoxy) is 2. The van der Waals surface area contributed by atoms with E-state index < -0.39 is 12.2 Å². The summed E-state index contributed by atoms with van der Waals surface area (Å²) in [5.41, 5.74) is 6.49.